The van der Waals surface area contributed by atoms with Gasteiger partial charge in [0.15, 0.2) is 0 Å². The number of benzene rings is 1. The summed E-state index contributed by atoms with van der Waals surface area (Å²) < 4.78 is 11.2. The molecule has 1 aromatic heterocycles. The Morgan fingerprint density at radius 3 is 2.63 bits per heavy atom. The van der Waals surface area contributed by atoms with Gasteiger partial charge in [-0.3, -0.25) is 5.32 Å². The molecule has 1 unspecified atom stereocenters. The van der Waals surface area contributed by atoms with Gasteiger partial charge in [0, 0.05) is 54.7 Å². The van der Waals surface area contributed by atoms with E-state index in [1.54, 1.807) is 7.11 Å². The van der Waals surface area contributed by atoms with E-state index in [4.69, 9.17) is 9.47 Å². The Bertz CT molecular complexity index is 1210. The number of hydrogen-bond acceptors (Lipinski definition) is 7. The predicted molar refractivity (Wildman–Crippen MR) is 163 cm³/mol. The van der Waals surface area contributed by atoms with Gasteiger partial charge in [0.25, 0.3) is 0 Å². The number of aliphatic hydroxyl groups excluding tert-OH is 1. The third-order valence-corrected chi connectivity index (χ3v) is 7.97. The first-order valence-corrected chi connectivity index (χ1v) is 15.1. The molecule has 2 aromatic rings. The maximum absolute atomic E-state index is 12.6. The molecule has 0 radical (unpaired) electrons. The summed E-state index contributed by atoms with van der Waals surface area (Å²) >= 11 is 0. The lowest BCUT2D eigenvalue weighted by molar-refractivity contribution is 0.0204. The number of ether oxygens (including phenoxy) is 2. The molecule has 1 saturated heterocycles. The van der Waals surface area contributed by atoms with E-state index in [-0.39, 0.29) is 6.09 Å². The van der Waals surface area contributed by atoms with Crippen molar-refractivity contribution in [3.05, 3.63) is 64.4 Å². The Morgan fingerprint density at radius 1 is 1.20 bits per heavy atom. The number of likely N-dealkylation sites (tertiary alicyclic amines) is 1. The number of fused-ring (bicyclic) bond motifs is 2. The smallest absolute Gasteiger partial charge is 0.410 e. The summed E-state index contributed by atoms with van der Waals surface area (Å²) in [7, 11) is 1.65. The number of nitrogens with one attached hydrogen (secondary N) is 1. The number of aryl methyl sites for hydroxylation is 2. The normalized spacial score (nSPS) is 18.8. The van der Waals surface area contributed by atoms with Gasteiger partial charge < -0.3 is 24.4 Å². The molecule has 1 aromatic carbocycles. The van der Waals surface area contributed by atoms with Crippen LogP contribution < -0.4 is 15.0 Å². The molecule has 1 amide bonds. The summed E-state index contributed by atoms with van der Waals surface area (Å²) in [5, 5.41) is 14.8. The molecule has 0 spiro atoms. The molecular weight excluding hydrogens is 516 g/mol. The summed E-state index contributed by atoms with van der Waals surface area (Å²) in [5.74, 6) is 0.619. The lowest BCUT2D eigenvalue weighted by atomic mass is 9.96. The van der Waals surface area contributed by atoms with Gasteiger partial charge in [-0.2, -0.15) is 0 Å². The van der Waals surface area contributed by atoms with E-state index in [0.717, 1.165) is 73.1 Å². The zero-order chi connectivity index (χ0) is 29.6. The molecule has 224 valence electrons. The fourth-order valence-corrected chi connectivity index (χ4v) is 6.01. The van der Waals surface area contributed by atoms with Gasteiger partial charge in [-0.15, -0.1) is 0 Å². The van der Waals surface area contributed by atoms with Crippen molar-refractivity contribution in [1.82, 2.24) is 15.2 Å². The Morgan fingerprint density at radius 2 is 1.95 bits per heavy atom. The number of aromatic nitrogens is 1. The number of anilines is 1. The molecule has 0 bridgehead atoms. The molecule has 41 heavy (non-hydrogen) atoms. The van der Waals surface area contributed by atoms with Crippen LogP contribution in [0.4, 0.5) is 10.5 Å². The molecule has 2 N–H and O–H groups in total. The van der Waals surface area contributed by atoms with Gasteiger partial charge in [-0.25, -0.2) is 9.78 Å². The maximum Gasteiger partial charge on any atom is 0.410 e. The molecule has 3 heterocycles. The number of allylic oxidation sites excluding steroid dienone is 2. The summed E-state index contributed by atoms with van der Waals surface area (Å²) in [4.78, 5) is 21.5. The fourth-order valence-electron chi connectivity index (χ4n) is 6.01. The van der Waals surface area contributed by atoms with Gasteiger partial charge in [0.05, 0.1) is 7.11 Å². The van der Waals surface area contributed by atoms with Crippen molar-refractivity contribution in [1.29, 1.82) is 0 Å². The minimum atomic E-state index is -0.842. The predicted octanol–water partition coefficient (Wildman–Crippen LogP) is 5.84. The Labute approximate surface area is 245 Å². The monoisotopic (exact) mass is 564 g/mol. The number of rotatable bonds is 4. The van der Waals surface area contributed by atoms with E-state index in [1.807, 2.05) is 44.7 Å². The van der Waals surface area contributed by atoms with E-state index in [0.29, 0.717) is 31.6 Å². The molecule has 8 nitrogen and oxygen atoms in total. The van der Waals surface area contributed by atoms with Crippen molar-refractivity contribution < 1.29 is 19.4 Å². The third kappa shape index (κ3) is 7.80. The minimum absolute atomic E-state index is 0.234. The highest BCUT2D eigenvalue weighted by molar-refractivity contribution is 5.68. The van der Waals surface area contributed by atoms with Crippen molar-refractivity contribution in [2.45, 2.75) is 97.6 Å². The second-order valence-electron chi connectivity index (χ2n) is 12.1. The van der Waals surface area contributed by atoms with Gasteiger partial charge in [-0.05, 0) is 96.4 Å². The SMILES string of the molecule is CCN(c1cccc2c1CC=CCCCc1cc(C)nc(OC)c1CNC2O)C1CCN(C(=O)OC(C)(C)C)CC1. The van der Waals surface area contributed by atoms with E-state index >= 15 is 0 Å². The van der Waals surface area contributed by atoms with Crippen molar-refractivity contribution in [3.63, 3.8) is 0 Å². The quantitative estimate of drug-likeness (QED) is 0.451. The van der Waals surface area contributed by atoms with Crippen molar-refractivity contribution >= 4 is 11.8 Å². The Kier molecular flexibility index (Phi) is 10.3. The van der Waals surface area contributed by atoms with Crippen LogP contribution >= 0.6 is 0 Å². The summed E-state index contributed by atoms with van der Waals surface area (Å²) in [6.07, 6.45) is 8.86. The van der Waals surface area contributed by atoms with Crippen LogP contribution in [0.1, 0.15) is 87.6 Å². The number of hydrogen-bond donors (Lipinski definition) is 2. The van der Waals surface area contributed by atoms with E-state index < -0.39 is 11.8 Å². The topological polar surface area (TPSA) is 87.2 Å². The van der Waals surface area contributed by atoms with Crippen LogP contribution in [0.3, 0.4) is 0 Å². The number of aliphatic hydroxyl groups is 1. The molecule has 4 rings (SSSR count). The average molecular weight is 565 g/mol. The van der Waals surface area contributed by atoms with Gasteiger partial charge in [-0.1, -0.05) is 24.3 Å². The fraction of sp³-hybridized carbons (Fsp3) is 0.576. The third-order valence-electron chi connectivity index (χ3n) is 7.97. The van der Waals surface area contributed by atoms with E-state index in [2.05, 4.69) is 46.4 Å². The molecular formula is C33H48N4O4. The van der Waals surface area contributed by atoms with Gasteiger partial charge >= 0.3 is 6.09 Å². The first-order chi connectivity index (χ1) is 19.6. The van der Waals surface area contributed by atoms with Crippen LogP contribution in [-0.4, -0.2) is 59.5 Å². The summed E-state index contributed by atoms with van der Waals surface area (Å²) in [5.41, 5.74) is 5.83. The van der Waals surface area contributed by atoms with Crippen molar-refractivity contribution in [2.75, 3.05) is 31.6 Å². The lowest BCUT2D eigenvalue weighted by Gasteiger charge is -2.40. The standard InChI is InChI=1S/C33H48N4O4/c1-7-37(25-17-19-36(20-18-25)32(39)41-33(3,4)5)29-16-12-15-27-26(29)14-11-9-8-10-13-24-21-23(2)35-31(40-6)28(24)22-34-30(27)38/h9,11-12,15-16,21,25,30,34,38H,7-8,10,13-14,17-20,22H2,1-6H3. The van der Waals surface area contributed by atoms with Gasteiger partial charge in [0.2, 0.25) is 5.88 Å². The van der Waals surface area contributed by atoms with Crippen molar-refractivity contribution in [2.24, 2.45) is 0 Å². The Hall–Kier alpha value is -3.10. The zero-order valence-corrected chi connectivity index (χ0v) is 25.7. The van der Waals surface area contributed by atoms with E-state index in [1.165, 1.54) is 5.56 Å². The highest BCUT2D eigenvalue weighted by Crippen LogP contribution is 2.33. The van der Waals surface area contributed by atoms with Crippen LogP contribution in [0, 0.1) is 6.92 Å². The van der Waals surface area contributed by atoms with Crippen LogP contribution in [0.15, 0.2) is 36.4 Å². The molecule has 0 aliphatic carbocycles. The highest BCUT2D eigenvalue weighted by Gasteiger charge is 2.30. The van der Waals surface area contributed by atoms with E-state index in [9.17, 15) is 9.90 Å². The number of carbonyl (C=O) groups excluding carboxylic acids is 1. The first kappa shape index (κ1) is 30.8. The number of carbonyl (C=O) groups is 1. The number of piperidine rings is 1. The average Bonchev–Trinajstić information content (AvgIpc) is 2.94. The minimum Gasteiger partial charge on any atom is -0.481 e. The van der Waals surface area contributed by atoms with Crippen LogP contribution in [0.5, 0.6) is 5.88 Å². The van der Waals surface area contributed by atoms with Crippen molar-refractivity contribution in [3.8, 4) is 5.88 Å². The zero-order valence-electron chi connectivity index (χ0n) is 25.7. The van der Waals surface area contributed by atoms with Crippen LogP contribution in [0.2, 0.25) is 0 Å². The number of amides is 1. The van der Waals surface area contributed by atoms with Gasteiger partial charge in [0.1, 0.15) is 11.8 Å². The molecule has 8 heteroatoms. The molecule has 1 fully saturated rings. The molecule has 2 aliphatic heterocycles. The lowest BCUT2D eigenvalue weighted by Crippen LogP contribution is -2.48. The number of nitrogens with zero attached hydrogens (tertiary/aromatic N) is 3. The van der Waals surface area contributed by atoms with Crippen LogP contribution in [-0.2, 0) is 24.1 Å². The largest absolute Gasteiger partial charge is 0.481 e. The Balaban J connectivity index is 1.58. The second kappa shape index (κ2) is 13.7. The summed E-state index contributed by atoms with van der Waals surface area (Å²) in [6.45, 7) is 12.5. The maximum atomic E-state index is 12.6. The highest BCUT2D eigenvalue weighted by atomic mass is 16.6. The second-order valence-corrected chi connectivity index (χ2v) is 12.1. The first-order valence-electron chi connectivity index (χ1n) is 15.1. The molecule has 1 atom stereocenters. The molecule has 2 aliphatic rings. The van der Waals surface area contributed by atoms with Crippen LogP contribution in [0.25, 0.3) is 0 Å². The molecule has 0 saturated carbocycles. The number of methoxy groups -OCH3 is 1. The summed E-state index contributed by atoms with van der Waals surface area (Å²) in [6, 6.07) is 8.67. The number of pyridine rings is 1.